The fourth-order valence-electron chi connectivity index (χ4n) is 5.95. The van der Waals surface area contributed by atoms with Crippen LogP contribution in [0.25, 0.3) is 0 Å². The Hall–Kier alpha value is -3.67. The Labute approximate surface area is 356 Å². The molecule has 0 rings (SSSR count). The Morgan fingerprint density at radius 3 is 1.29 bits per heavy atom. The molecule has 1 atom stereocenters. The molecule has 0 aromatic rings. The van der Waals surface area contributed by atoms with E-state index in [-0.39, 0.29) is 37.5 Å². The maximum absolute atomic E-state index is 12.7. The standard InChI is InChI=1S/C52H84O6/c1-4-7-10-13-16-19-22-24-25-26-27-29-30-33-36-39-42-45-51(54)57-48-49(47-56-50(53)44-41-38-35-32-21-18-15-12-9-6-3)58-52(55)46-43-40-37-34-31-28-23-20-17-14-11-8-5-2/h7-8,10-11,14,16-17,19-20,23-25,27,29,33,36,49H,4-6,9,12-13,15,18,21-22,26,28,30-32,34-35,37-48H2,1-3H3/b10-7-,11-8-,17-14-,19-16-,23-20-,25-24-,29-27-,36-33-. The SMILES string of the molecule is CC\C=C/C=C\C=C/CCCCCCCC(=O)OC(COC(=O)CCC/C=C\C/C=C\C/C=C\C/C=C\C/C=C\CC)COC(=O)CCCCCCCCCCCC. The number of carbonyl (C=O) groups excluding carboxylic acids is 3. The highest BCUT2D eigenvalue weighted by molar-refractivity contribution is 5.71. The van der Waals surface area contributed by atoms with Crippen LogP contribution in [-0.4, -0.2) is 37.2 Å². The Bertz CT molecular complexity index is 1200. The zero-order valence-electron chi connectivity index (χ0n) is 37.3. The molecule has 0 aromatic carbocycles. The van der Waals surface area contributed by atoms with Crippen LogP contribution in [0.15, 0.2) is 97.2 Å². The quantitative estimate of drug-likeness (QED) is 0.0202. The van der Waals surface area contributed by atoms with Gasteiger partial charge in [-0.3, -0.25) is 14.4 Å². The summed E-state index contributed by atoms with van der Waals surface area (Å²) in [4.78, 5) is 37.7. The van der Waals surface area contributed by atoms with Crippen molar-refractivity contribution in [2.75, 3.05) is 13.2 Å². The largest absolute Gasteiger partial charge is 0.462 e. The Morgan fingerprint density at radius 2 is 0.776 bits per heavy atom. The Kier molecular flexibility index (Phi) is 43.1. The molecule has 0 aromatic heterocycles. The van der Waals surface area contributed by atoms with Crippen molar-refractivity contribution in [3.05, 3.63) is 97.2 Å². The molecule has 0 fully saturated rings. The van der Waals surface area contributed by atoms with Crippen molar-refractivity contribution in [3.8, 4) is 0 Å². The lowest BCUT2D eigenvalue weighted by Crippen LogP contribution is -2.30. The molecule has 328 valence electrons. The van der Waals surface area contributed by atoms with Gasteiger partial charge in [-0.1, -0.05) is 195 Å². The number of rotatable bonds is 40. The topological polar surface area (TPSA) is 78.9 Å². The summed E-state index contributed by atoms with van der Waals surface area (Å²) in [5.74, 6) is -0.996. The predicted octanol–water partition coefficient (Wildman–Crippen LogP) is 15.0. The molecule has 0 heterocycles. The normalized spacial score (nSPS) is 12.9. The number of ether oxygens (including phenoxy) is 3. The summed E-state index contributed by atoms with van der Waals surface area (Å²) in [7, 11) is 0. The first-order valence-electron chi connectivity index (χ1n) is 23.3. The highest BCUT2D eigenvalue weighted by Gasteiger charge is 2.19. The van der Waals surface area contributed by atoms with Crippen LogP contribution >= 0.6 is 0 Å². The first kappa shape index (κ1) is 54.3. The molecule has 0 saturated heterocycles. The fourth-order valence-corrected chi connectivity index (χ4v) is 5.95. The molecule has 6 nitrogen and oxygen atoms in total. The van der Waals surface area contributed by atoms with E-state index in [4.69, 9.17) is 14.2 Å². The summed E-state index contributed by atoms with van der Waals surface area (Å²) < 4.78 is 16.6. The van der Waals surface area contributed by atoms with Crippen molar-refractivity contribution >= 4 is 17.9 Å². The predicted molar refractivity (Wildman–Crippen MR) is 247 cm³/mol. The van der Waals surface area contributed by atoms with Gasteiger partial charge >= 0.3 is 17.9 Å². The molecule has 0 amide bonds. The summed E-state index contributed by atoms with van der Waals surface area (Å²) in [5.41, 5.74) is 0. The molecule has 0 saturated carbocycles. The van der Waals surface area contributed by atoms with Crippen LogP contribution in [0.1, 0.15) is 194 Å². The fraction of sp³-hybridized carbons (Fsp3) is 0.635. The zero-order chi connectivity index (χ0) is 42.3. The molecule has 0 aliphatic heterocycles. The minimum Gasteiger partial charge on any atom is -0.462 e. The van der Waals surface area contributed by atoms with Gasteiger partial charge in [0.05, 0.1) is 0 Å². The van der Waals surface area contributed by atoms with Crippen LogP contribution in [0, 0.1) is 0 Å². The second kappa shape index (κ2) is 46.0. The van der Waals surface area contributed by atoms with E-state index < -0.39 is 6.10 Å². The minimum absolute atomic E-state index is 0.104. The van der Waals surface area contributed by atoms with Crippen LogP contribution in [0.3, 0.4) is 0 Å². The Morgan fingerprint density at radius 1 is 0.379 bits per heavy atom. The number of esters is 3. The molecule has 58 heavy (non-hydrogen) atoms. The molecule has 1 unspecified atom stereocenters. The van der Waals surface area contributed by atoms with Crippen LogP contribution < -0.4 is 0 Å². The third kappa shape index (κ3) is 43.5. The maximum Gasteiger partial charge on any atom is 0.306 e. The van der Waals surface area contributed by atoms with Crippen molar-refractivity contribution in [1.82, 2.24) is 0 Å². The summed E-state index contributed by atoms with van der Waals surface area (Å²) in [6.07, 6.45) is 59.7. The second-order valence-corrected chi connectivity index (χ2v) is 15.0. The molecule has 0 N–H and O–H groups in total. The van der Waals surface area contributed by atoms with Gasteiger partial charge in [-0.25, -0.2) is 0 Å². The van der Waals surface area contributed by atoms with Crippen LogP contribution in [0.4, 0.5) is 0 Å². The van der Waals surface area contributed by atoms with Crippen molar-refractivity contribution in [2.24, 2.45) is 0 Å². The van der Waals surface area contributed by atoms with Crippen molar-refractivity contribution in [2.45, 2.75) is 200 Å². The van der Waals surface area contributed by atoms with E-state index in [0.717, 1.165) is 103 Å². The maximum atomic E-state index is 12.7. The van der Waals surface area contributed by atoms with Gasteiger partial charge in [0, 0.05) is 19.3 Å². The molecule has 0 spiro atoms. The van der Waals surface area contributed by atoms with Crippen LogP contribution in [0.2, 0.25) is 0 Å². The summed E-state index contributed by atoms with van der Waals surface area (Å²) >= 11 is 0. The number of allylic oxidation sites excluding steroid dienone is 16. The molecular weight excluding hydrogens is 721 g/mol. The average molecular weight is 805 g/mol. The van der Waals surface area contributed by atoms with Gasteiger partial charge in [0.2, 0.25) is 0 Å². The van der Waals surface area contributed by atoms with Gasteiger partial charge in [-0.05, 0) is 77.0 Å². The summed E-state index contributed by atoms with van der Waals surface area (Å²) in [6.45, 7) is 6.28. The van der Waals surface area contributed by atoms with Crippen molar-refractivity contribution in [3.63, 3.8) is 0 Å². The molecule has 0 bridgehead atoms. The molecule has 0 aliphatic carbocycles. The lowest BCUT2D eigenvalue weighted by Gasteiger charge is -2.18. The molecule has 0 radical (unpaired) electrons. The van der Waals surface area contributed by atoms with Crippen LogP contribution in [-0.2, 0) is 28.6 Å². The number of unbranched alkanes of at least 4 members (excludes halogenated alkanes) is 15. The Balaban J connectivity index is 4.51. The van der Waals surface area contributed by atoms with E-state index in [1.54, 1.807) is 0 Å². The van der Waals surface area contributed by atoms with E-state index in [0.29, 0.717) is 19.3 Å². The first-order chi connectivity index (χ1) is 28.5. The van der Waals surface area contributed by atoms with Gasteiger partial charge in [0.25, 0.3) is 0 Å². The van der Waals surface area contributed by atoms with E-state index in [1.165, 1.54) is 44.9 Å². The highest BCUT2D eigenvalue weighted by Crippen LogP contribution is 2.13. The number of carbonyl (C=O) groups is 3. The minimum atomic E-state index is -0.808. The second-order valence-electron chi connectivity index (χ2n) is 15.0. The van der Waals surface area contributed by atoms with Crippen molar-refractivity contribution in [1.29, 1.82) is 0 Å². The van der Waals surface area contributed by atoms with Gasteiger partial charge < -0.3 is 14.2 Å². The van der Waals surface area contributed by atoms with E-state index >= 15 is 0 Å². The highest BCUT2D eigenvalue weighted by atomic mass is 16.6. The van der Waals surface area contributed by atoms with Gasteiger partial charge in [0.1, 0.15) is 13.2 Å². The van der Waals surface area contributed by atoms with E-state index in [9.17, 15) is 14.4 Å². The van der Waals surface area contributed by atoms with Gasteiger partial charge in [0.15, 0.2) is 6.10 Å². The van der Waals surface area contributed by atoms with Crippen LogP contribution in [0.5, 0.6) is 0 Å². The van der Waals surface area contributed by atoms with E-state index in [1.807, 2.05) is 6.08 Å². The molecule has 0 aliphatic rings. The van der Waals surface area contributed by atoms with Gasteiger partial charge in [-0.15, -0.1) is 0 Å². The smallest absolute Gasteiger partial charge is 0.306 e. The van der Waals surface area contributed by atoms with E-state index in [2.05, 4.69) is 112 Å². The molecular formula is C52H84O6. The van der Waals surface area contributed by atoms with Crippen molar-refractivity contribution < 1.29 is 28.6 Å². The third-order valence-corrected chi connectivity index (χ3v) is 9.40. The number of hydrogen-bond acceptors (Lipinski definition) is 6. The zero-order valence-corrected chi connectivity index (χ0v) is 37.3. The average Bonchev–Trinajstić information content (AvgIpc) is 3.22. The number of hydrogen-bond donors (Lipinski definition) is 0. The molecule has 6 heteroatoms. The lowest BCUT2D eigenvalue weighted by molar-refractivity contribution is -0.167. The summed E-state index contributed by atoms with van der Waals surface area (Å²) in [6, 6.07) is 0. The first-order valence-corrected chi connectivity index (χ1v) is 23.3. The summed E-state index contributed by atoms with van der Waals surface area (Å²) in [5, 5.41) is 0. The monoisotopic (exact) mass is 805 g/mol. The van der Waals surface area contributed by atoms with Gasteiger partial charge in [-0.2, -0.15) is 0 Å². The lowest BCUT2D eigenvalue weighted by atomic mass is 10.1. The third-order valence-electron chi connectivity index (χ3n) is 9.40.